The Morgan fingerprint density at radius 1 is 1.39 bits per heavy atom. The van der Waals surface area contributed by atoms with E-state index in [1.54, 1.807) is 6.07 Å². The van der Waals surface area contributed by atoms with Crippen LogP contribution >= 0.6 is 0 Å². The van der Waals surface area contributed by atoms with Crippen molar-refractivity contribution in [1.29, 1.82) is 5.41 Å². The second-order valence-electron chi connectivity index (χ2n) is 4.26. The summed E-state index contributed by atoms with van der Waals surface area (Å²) in [4.78, 5) is 2.04. The van der Waals surface area contributed by atoms with Crippen LogP contribution in [0.2, 0.25) is 0 Å². The molecular formula is C13H20FN3O. The van der Waals surface area contributed by atoms with Crippen LogP contribution in [-0.2, 0) is 6.54 Å². The minimum absolute atomic E-state index is 0.0783. The van der Waals surface area contributed by atoms with Crippen LogP contribution in [0.4, 0.5) is 4.39 Å². The standard InChI is InChI=1S/C13H20FN3O/c1-2-3-17(4-5-18)9-10-6-11(13(15)16)8-12(14)7-10/h6-8,18H,2-5,9H2,1H3,(H3,15,16). The fraction of sp³-hybridized carbons (Fsp3) is 0.462. The Balaban J connectivity index is 2.84. The first kappa shape index (κ1) is 14.6. The summed E-state index contributed by atoms with van der Waals surface area (Å²) in [7, 11) is 0. The maximum absolute atomic E-state index is 13.4. The molecule has 1 aromatic carbocycles. The molecule has 18 heavy (non-hydrogen) atoms. The monoisotopic (exact) mass is 253 g/mol. The van der Waals surface area contributed by atoms with E-state index in [4.69, 9.17) is 16.2 Å². The van der Waals surface area contributed by atoms with E-state index in [1.165, 1.54) is 12.1 Å². The van der Waals surface area contributed by atoms with Gasteiger partial charge in [0.15, 0.2) is 0 Å². The topological polar surface area (TPSA) is 73.3 Å². The minimum Gasteiger partial charge on any atom is -0.395 e. The van der Waals surface area contributed by atoms with E-state index in [0.717, 1.165) is 18.5 Å². The predicted octanol–water partition coefficient (Wildman–Crippen LogP) is 1.31. The van der Waals surface area contributed by atoms with E-state index >= 15 is 0 Å². The summed E-state index contributed by atoms with van der Waals surface area (Å²) < 4.78 is 13.4. The SMILES string of the molecule is CCCN(CCO)Cc1cc(F)cc(C(=N)N)c1. The van der Waals surface area contributed by atoms with Crippen molar-refractivity contribution in [2.45, 2.75) is 19.9 Å². The molecule has 1 aromatic rings. The first-order chi connectivity index (χ1) is 8.56. The summed E-state index contributed by atoms with van der Waals surface area (Å²) in [5, 5.41) is 16.3. The molecule has 0 heterocycles. The third-order valence-electron chi connectivity index (χ3n) is 2.63. The van der Waals surface area contributed by atoms with Gasteiger partial charge in [0, 0.05) is 18.7 Å². The number of benzene rings is 1. The number of nitrogens with two attached hydrogens (primary N) is 1. The highest BCUT2D eigenvalue weighted by Gasteiger charge is 2.08. The summed E-state index contributed by atoms with van der Waals surface area (Å²) >= 11 is 0. The highest BCUT2D eigenvalue weighted by Crippen LogP contribution is 2.11. The molecule has 0 aliphatic carbocycles. The molecule has 0 aliphatic rings. The molecule has 0 atom stereocenters. The molecule has 100 valence electrons. The number of aliphatic hydroxyl groups excluding tert-OH is 1. The Morgan fingerprint density at radius 2 is 2.11 bits per heavy atom. The zero-order chi connectivity index (χ0) is 13.5. The molecule has 0 amide bonds. The van der Waals surface area contributed by atoms with Crippen LogP contribution in [0.15, 0.2) is 18.2 Å². The molecule has 4 N–H and O–H groups in total. The normalized spacial score (nSPS) is 10.9. The molecular weight excluding hydrogens is 233 g/mol. The molecule has 0 saturated carbocycles. The van der Waals surface area contributed by atoms with Crippen molar-refractivity contribution in [3.05, 3.63) is 35.1 Å². The maximum Gasteiger partial charge on any atom is 0.124 e. The van der Waals surface area contributed by atoms with Crippen molar-refractivity contribution >= 4 is 5.84 Å². The number of amidine groups is 1. The largest absolute Gasteiger partial charge is 0.395 e. The highest BCUT2D eigenvalue weighted by molar-refractivity contribution is 5.95. The second-order valence-corrected chi connectivity index (χ2v) is 4.26. The lowest BCUT2D eigenvalue weighted by Crippen LogP contribution is -2.27. The van der Waals surface area contributed by atoms with Crippen molar-refractivity contribution < 1.29 is 9.50 Å². The number of rotatable bonds is 7. The van der Waals surface area contributed by atoms with Gasteiger partial charge in [0.05, 0.1) is 6.61 Å². The lowest BCUT2D eigenvalue weighted by atomic mass is 10.1. The van der Waals surface area contributed by atoms with Crippen molar-refractivity contribution in [3.8, 4) is 0 Å². The van der Waals surface area contributed by atoms with Crippen LogP contribution in [0.1, 0.15) is 24.5 Å². The van der Waals surface area contributed by atoms with Gasteiger partial charge >= 0.3 is 0 Å². The van der Waals surface area contributed by atoms with Crippen LogP contribution < -0.4 is 5.73 Å². The Labute approximate surface area is 107 Å². The van der Waals surface area contributed by atoms with Crippen LogP contribution in [0, 0.1) is 11.2 Å². The second kappa shape index (κ2) is 7.08. The number of hydrogen-bond donors (Lipinski definition) is 3. The fourth-order valence-electron chi connectivity index (χ4n) is 1.88. The average Bonchev–Trinajstić information content (AvgIpc) is 2.28. The van der Waals surface area contributed by atoms with Gasteiger partial charge in [0.1, 0.15) is 11.7 Å². The van der Waals surface area contributed by atoms with E-state index in [2.05, 4.69) is 6.92 Å². The molecule has 0 aliphatic heterocycles. The molecule has 4 nitrogen and oxygen atoms in total. The zero-order valence-corrected chi connectivity index (χ0v) is 10.6. The van der Waals surface area contributed by atoms with Crippen molar-refractivity contribution in [2.24, 2.45) is 5.73 Å². The Morgan fingerprint density at radius 3 is 2.67 bits per heavy atom. The summed E-state index contributed by atoms with van der Waals surface area (Å²) in [6.07, 6.45) is 0.967. The molecule has 0 fully saturated rings. The van der Waals surface area contributed by atoms with Gasteiger partial charge in [-0.1, -0.05) is 6.92 Å². The Hall–Kier alpha value is -1.46. The van der Waals surface area contributed by atoms with Gasteiger partial charge in [-0.15, -0.1) is 0 Å². The molecule has 1 rings (SSSR count). The number of nitrogen functional groups attached to an aromatic ring is 1. The third kappa shape index (κ3) is 4.43. The first-order valence-electron chi connectivity index (χ1n) is 6.04. The third-order valence-corrected chi connectivity index (χ3v) is 2.63. The van der Waals surface area contributed by atoms with Gasteiger partial charge in [-0.3, -0.25) is 10.3 Å². The van der Waals surface area contributed by atoms with E-state index in [-0.39, 0.29) is 12.4 Å². The molecule has 0 unspecified atom stereocenters. The zero-order valence-electron chi connectivity index (χ0n) is 10.6. The molecule has 0 aromatic heterocycles. The van der Waals surface area contributed by atoms with Gasteiger partial charge in [0.25, 0.3) is 0 Å². The van der Waals surface area contributed by atoms with E-state index in [9.17, 15) is 4.39 Å². The van der Waals surface area contributed by atoms with E-state index < -0.39 is 5.82 Å². The van der Waals surface area contributed by atoms with Gasteiger partial charge in [-0.25, -0.2) is 4.39 Å². The minimum atomic E-state index is -0.391. The smallest absolute Gasteiger partial charge is 0.124 e. The number of halogens is 1. The maximum atomic E-state index is 13.4. The van der Waals surface area contributed by atoms with Gasteiger partial charge in [-0.05, 0) is 36.7 Å². The molecule has 0 radical (unpaired) electrons. The molecule has 0 bridgehead atoms. The van der Waals surface area contributed by atoms with Gasteiger partial charge in [-0.2, -0.15) is 0 Å². The van der Waals surface area contributed by atoms with Crippen molar-refractivity contribution in [2.75, 3.05) is 19.7 Å². The number of aliphatic hydroxyl groups is 1. The summed E-state index contributed by atoms with van der Waals surface area (Å²) in [6.45, 7) is 4.07. The van der Waals surface area contributed by atoms with Crippen molar-refractivity contribution in [1.82, 2.24) is 4.90 Å². The lowest BCUT2D eigenvalue weighted by molar-refractivity contribution is 0.190. The van der Waals surface area contributed by atoms with E-state index in [1.807, 2.05) is 4.90 Å². The highest BCUT2D eigenvalue weighted by atomic mass is 19.1. The fourth-order valence-corrected chi connectivity index (χ4v) is 1.88. The summed E-state index contributed by atoms with van der Waals surface area (Å²) in [5.74, 6) is -0.530. The van der Waals surface area contributed by atoms with E-state index in [0.29, 0.717) is 18.7 Å². The van der Waals surface area contributed by atoms with Crippen molar-refractivity contribution in [3.63, 3.8) is 0 Å². The Bertz CT molecular complexity index is 403. The lowest BCUT2D eigenvalue weighted by Gasteiger charge is -2.20. The van der Waals surface area contributed by atoms with Crippen LogP contribution in [0.5, 0.6) is 0 Å². The molecule has 5 heteroatoms. The quantitative estimate of drug-likeness (QED) is 0.507. The summed E-state index contributed by atoms with van der Waals surface area (Å²) in [5.41, 5.74) is 6.52. The molecule has 0 spiro atoms. The van der Waals surface area contributed by atoms with Crippen LogP contribution in [0.25, 0.3) is 0 Å². The Kier molecular flexibility index (Phi) is 5.74. The number of nitrogens with zero attached hydrogens (tertiary/aromatic N) is 1. The molecule has 0 saturated heterocycles. The number of hydrogen-bond acceptors (Lipinski definition) is 3. The first-order valence-corrected chi connectivity index (χ1v) is 6.04. The predicted molar refractivity (Wildman–Crippen MR) is 70.1 cm³/mol. The van der Waals surface area contributed by atoms with Gasteiger partial charge < -0.3 is 10.8 Å². The van der Waals surface area contributed by atoms with Crippen LogP contribution in [-0.4, -0.2) is 35.5 Å². The number of nitrogens with one attached hydrogen (secondary N) is 1. The van der Waals surface area contributed by atoms with Gasteiger partial charge in [0.2, 0.25) is 0 Å². The summed E-state index contributed by atoms with van der Waals surface area (Å²) in [6, 6.07) is 4.40. The average molecular weight is 253 g/mol. The van der Waals surface area contributed by atoms with Crippen LogP contribution in [0.3, 0.4) is 0 Å².